The van der Waals surface area contributed by atoms with E-state index in [2.05, 4.69) is 20.8 Å². The van der Waals surface area contributed by atoms with Crippen LogP contribution in [0.4, 0.5) is 0 Å². The van der Waals surface area contributed by atoms with Gasteiger partial charge in [-0.25, -0.2) is 9.59 Å². The van der Waals surface area contributed by atoms with Crippen molar-refractivity contribution in [2.24, 2.45) is 5.92 Å². The van der Waals surface area contributed by atoms with E-state index < -0.39 is 24.1 Å². The van der Waals surface area contributed by atoms with Crippen molar-refractivity contribution in [2.75, 3.05) is 39.4 Å². The maximum absolute atomic E-state index is 12.8. The summed E-state index contributed by atoms with van der Waals surface area (Å²) in [6, 6.07) is 8.88. The SMILES string of the molecule is CC[N+](CC)(CC)CCOC(=O)COC(=O)C(O)(c1ccccc1)C1CCCC1. The third-order valence-electron chi connectivity index (χ3n) is 6.63. The van der Waals surface area contributed by atoms with Gasteiger partial charge in [0.2, 0.25) is 0 Å². The second-order valence-corrected chi connectivity index (χ2v) is 7.92. The molecule has 0 spiro atoms. The van der Waals surface area contributed by atoms with E-state index in [4.69, 9.17) is 9.47 Å². The number of likely N-dealkylation sites (N-methyl/N-ethyl adjacent to an activating group) is 1. The number of nitrogens with zero attached hydrogens (tertiary/aromatic N) is 1. The van der Waals surface area contributed by atoms with Gasteiger partial charge >= 0.3 is 11.9 Å². The van der Waals surface area contributed by atoms with E-state index in [1.54, 1.807) is 24.3 Å². The van der Waals surface area contributed by atoms with Crippen molar-refractivity contribution in [1.29, 1.82) is 0 Å². The van der Waals surface area contributed by atoms with Crippen LogP contribution in [0.25, 0.3) is 0 Å². The van der Waals surface area contributed by atoms with Gasteiger partial charge in [-0.2, -0.15) is 0 Å². The molecule has 0 amide bonds. The molecule has 1 aliphatic rings. The van der Waals surface area contributed by atoms with Crippen molar-refractivity contribution in [3.63, 3.8) is 0 Å². The second-order valence-electron chi connectivity index (χ2n) is 7.92. The Hall–Kier alpha value is -1.92. The lowest BCUT2D eigenvalue weighted by atomic mass is 9.80. The molecular weight excluding hydrogens is 370 g/mol. The van der Waals surface area contributed by atoms with Crippen molar-refractivity contribution in [3.05, 3.63) is 35.9 Å². The summed E-state index contributed by atoms with van der Waals surface area (Å²) >= 11 is 0. The minimum Gasteiger partial charge on any atom is -0.457 e. The van der Waals surface area contributed by atoms with Crippen LogP contribution in [0, 0.1) is 5.92 Å². The third-order valence-corrected chi connectivity index (χ3v) is 6.63. The molecule has 29 heavy (non-hydrogen) atoms. The monoisotopic (exact) mass is 406 g/mol. The Morgan fingerprint density at radius 2 is 1.62 bits per heavy atom. The fourth-order valence-electron chi connectivity index (χ4n) is 4.33. The number of hydrogen-bond donors (Lipinski definition) is 1. The molecule has 1 saturated carbocycles. The Kier molecular flexibility index (Phi) is 8.65. The van der Waals surface area contributed by atoms with Gasteiger partial charge in [0, 0.05) is 5.92 Å². The minimum atomic E-state index is -1.73. The molecule has 0 heterocycles. The Morgan fingerprint density at radius 3 is 2.17 bits per heavy atom. The fraction of sp³-hybridized carbons (Fsp3) is 0.652. The van der Waals surface area contributed by atoms with Crippen LogP contribution in [-0.4, -0.2) is 60.9 Å². The molecule has 0 aliphatic heterocycles. The van der Waals surface area contributed by atoms with Crippen molar-refractivity contribution in [1.82, 2.24) is 0 Å². The Labute approximate surface area is 174 Å². The standard InChI is InChI=1S/C23H36NO5/c1-4-24(5-2,6-3)16-17-28-21(25)18-29-22(26)23(27,20-14-10-11-15-20)19-12-8-7-9-13-19/h7-9,12-13,20,27H,4-6,10-11,14-18H2,1-3H3/q+1. The van der Waals surface area contributed by atoms with E-state index in [1.807, 2.05) is 6.07 Å². The van der Waals surface area contributed by atoms with Crippen molar-refractivity contribution in [2.45, 2.75) is 52.1 Å². The zero-order valence-electron chi connectivity index (χ0n) is 18.1. The first-order chi connectivity index (χ1) is 13.9. The van der Waals surface area contributed by atoms with Crippen molar-refractivity contribution >= 4 is 11.9 Å². The number of aliphatic hydroxyl groups is 1. The summed E-state index contributed by atoms with van der Waals surface area (Å²) in [5, 5.41) is 11.3. The van der Waals surface area contributed by atoms with Gasteiger partial charge in [0.1, 0.15) is 13.2 Å². The van der Waals surface area contributed by atoms with Crippen LogP contribution >= 0.6 is 0 Å². The van der Waals surface area contributed by atoms with Crippen LogP contribution in [0.5, 0.6) is 0 Å². The average Bonchev–Trinajstić information content (AvgIpc) is 3.31. The quantitative estimate of drug-likeness (QED) is 0.452. The number of carbonyl (C=O) groups excluding carboxylic acids is 2. The minimum absolute atomic E-state index is 0.204. The van der Waals surface area contributed by atoms with Crippen LogP contribution in [0.1, 0.15) is 52.0 Å². The highest BCUT2D eigenvalue weighted by Gasteiger charge is 2.48. The van der Waals surface area contributed by atoms with Crippen LogP contribution < -0.4 is 0 Å². The number of quaternary nitrogens is 1. The summed E-state index contributed by atoms with van der Waals surface area (Å²) in [5.41, 5.74) is -1.21. The molecule has 1 fully saturated rings. The number of carbonyl (C=O) groups is 2. The predicted molar refractivity (Wildman–Crippen MR) is 111 cm³/mol. The zero-order valence-corrected chi connectivity index (χ0v) is 18.1. The van der Waals surface area contributed by atoms with E-state index in [0.717, 1.165) is 56.3 Å². The first-order valence-corrected chi connectivity index (χ1v) is 10.9. The fourth-order valence-corrected chi connectivity index (χ4v) is 4.33. The van der Waals surface area contributed by atoms with E-state index >= 15 is 0 Å². The van der Waals surface area contributed by atoms with Gasteiger partial charge in [-0.1, -0.05) is 43.2 Å². The second kappa shape index (κ2) is 10.7. The number of rotatable bonds is 11. The molecule has 1 N–H and O–H groups in total. The van der Waals surface area contributed by atoms with Gasteiger partial charge in [-0.15, -0.1) is 0 Å². The summed E-state index contributed by atoms with van der Waals surface area (Å²) in [5.74, 6) is -1.56. The molecule has 162 valence electrons. The van der Waals surface area contributed by atoms with Gasteiger partial charge in [0.25, 0.3) is 0 Å². The molecule has 1 atom stereocenters. The molecule has 6 nitrogen and oxygen atoms in total. The molecule has 0 bridgehead atoms. The molecule has 0 radical (unpaired) electrons. The molecule has 1 aliphatic carbocycles. The van der Waals surface area contributed by atoms with E-state index in [-0.39, 0.29) is 12.5 Å². The van der Waals surface area contributed by atoms with Gasteiger partial charge in [-0.05, 0) is 39.2 Å². The molecule has 0 aromatic heterocycles. The molecule has 6 heteroatoms. The van der Waals surface area contributed by atoms with Crippen molar-refractivity contribution in [3.8, 4) is 0 Å². The molecule has 1 aromatic rings. The van der Waals surface area contributed by atoms with Gasteiger partial charge < -0.3 is 19.1 Å². The highest BCUT2D eigenvalue weighted by Crippen LogP contribution is 2.41. The Morgan fingerprint density at radius 1 is 1.03 bits per heavy atom. The van der Waals surface area contributed by atoms with Crippen LogP contribution in [0.3, 0.4) is 0 Å². The summed E-state index contributed by atoms with van der Waals surface area (Å²) in [6.07, 6.45) is 3.47. The van der Waals surface area contributed by atoms with Crippen LogP contribution in [0.15, 0.2) is 30.3 Å². The summed E-state index contributed by atoms with van der Waals surface area (Å²) in [7, 11) is 0. The molecular formula is C23H36NO5+. The summed E-state index contributed by atoms with van der Waals surface area (Å²) in [4.78, 5) is 24.9. The number of benzene rings is 1. The first kappa shape index (κ1) is 23.4. The highest BCUT2D eigenvalue weighted by molar-refractivity contribution is 5.84. The Balaban J connectivity index is 1.94. The van der Waals surface area contributed by atoms with E-state index in [1.165, 1.54) is 0 Å². The van der Waals surface area contributed by atoms with Gasteiger partial charge in [0.05, 0.1) is 19.6 Å². The molecule has 1 unspecified atom stereocenters. The normalized spacial score (nSPS) is 17.0. The number of esters is 2. The van der Waals surface area contributed by atoms with E-state index in [9.17, 15) is 14.7 Å². The smallest absolute Gasteiger partial charge is 0.344 e. The lowest BCUT2D eigenvalue weighted by Gasteiger charge is -2.35. The topological polar surface area (TPSA) is 72.8 Å². The van der Waals surface area contributed by atoms with Crippen molar-refractivity contribution < 1.29 is 28.7 Å². The first-order valence-electron chi connectivity index (χ1n) is 10.9. The lowest BCUT2D eigenvalue weighted by Crippen LogP contribution is -2.49. The van der Waals surface area contributed by atoms with Crippen LogP contribution in [0.2, 0.25) is 0 Å². The third kappa shape index (κ3) is 5.58. The Bertz CT molecular complexity index is 644. The van der Waals surface area contributed by atoms with E-state index in [0.29, 0.717) is 5.56 Å². The van der Waals surface area contributed by atoms with Gasteiger partial charge in [-0.3, -0.25) is 0 Å². The number of ether oxygens (including phenoxy) is 2. The number of hydrogen-bond acceptors (Lipinski definition) is 5. The molecule has 0 saturated heterocycles. The summed E-state index contributed by atoms with van der Waals surface area (Å²) < 4.78 is 11.4. The average molecular weight is 407 g/mol. The van der Waals surface area contributed by atoms with Crippen LogP contribution in [-0.2, 0) is 24.7 Å². The zero-order chi connectivity index (χ0) is 21.3. The molecule has 1 aromatic carbocycles. The largest absolute Gasteiger partial charge is 0.457 e. The summed E-state index contributed by atoms with van der Waals surface area (Å²) in [6.45, 7) is 9.86. The highest BCUT2D eigenvalue weighted by atomic mass is 16.6. The maximum Gasteiger partial charge on any atom is 0.344 e. The maximum atomic E-state index is 12.8. The molecule has 2 rings (SSSR count). The predicted octanol–water partition coefficient (Wildman–Crippen LogP) is 3.03. The van der Waals surface area contributed by atoms with Gasteiger partial charge in [0.15, 0.2) is 12.2 Å². The lowest BCUT2D eigenvalue weighted by molar-refractivity contribution is -0.923.